The van der Waals surface area contributed by atoms with Gasteiger partial charge in [-0.1, -0.05) is 12.1 Å². The van der Waals surface area contributed by atoms with Crippen molar-refractivity contribution in [2.45, 2.75) is 65.5 Å². The molecule has 5 heterocycles. The number of benzene rings is 2. The topological polar surface area (TPSA) is 164 Å². The van der Waals surface area contributed by atoms with Crippen molar-refractivity contribution in [3.05, 3.63) is 71.6 Å². The Balaban J connectivity index is 1.16. The molecule has 8 rings (SSSR count). The fraction of sp³-hybridized carbons (Fsp3) is 0.385. The van der Waals surface area contributed by atoms with Crippen LogP contribution in [0.4, 0.5) is 20.7 Å². The van der Waals surface area contributed by atoms with Gasteiger partial charge in [-0.3, -0.25) is 24.2 Å². The largest absolute Gasteiger partial charge is 0.443 e. The number of ketones is 1. The number of carbonyl (C=O) groups excluding carboxylic acids is 4. The van der Waals surface area contributed by atoms with Gasteiger partial charge in [0, 0.05) is 31.9 Å². The van der Waals surface area contributed by atoms with Crippen molar-refractivity contribution in [1.82, 2.24) is 29.8 Å². The van der Waals surface area contributed by atoms with E-state index in [0.717, 1.165) is 17.7 Å². The van der Waals surface area contributed by atoms with E-state index < -0.39 is 35.4 Å². The molecule has 2 aromatic carbocycles. The van der Waals surface area contributed by atoms with Crippen molar-refractivity contribution in [1.29, 1.82) is 0 Å². The van der Waals surface area contributed by atoms with Crippen molar-refractivity contribution in [2.75, 3.05) is 29.9 Å². The number of H-pyrrole nitrogens is 1. The summed E-state index contributed by atoms with van der Waals surface area (Å²) in [5.41, 5.74) is 0.637. The summed E-state index contributed by atoms with van der Waals surface area (Å²) in [5.74, 6) is -0.510. The van der Waals surface area contributed by atoms with Gasteiger partial charge in [0.15, 0.2) is 11.5 Å². The number of Topliss-reactive ketones (excluding diaryl/α,β-unsaturated/α-hetero) is 1. The summed E-state index contributed by atoms with van der Waals surface area (Å²) in [7, 11) is 1.51. The molecule has 0 radical (unpaired) electrons. The molecule has 3 aliphatic rings. The molecule has 3 amide bonds. The predicted molar refractivity (Wildman–Crippen MR) is 196 cm³/mol. The fourth-order valence-electron chi connectivity index (χ4n) is 7.63. The quantitative estimate of drug-likeness (QED) is 0.176. The predicted octanol–water partition coefficient (Wildman–Crippen LogP) is 6.37. The second-order valence-corrected chi connectivity index (χ2v) is 15.4. The summed E-state index contributed by atoms with van der Waals surface area (Å²) in [5, 5.41) is 0.956. The summed E-state index contributed by atoms with van der Waals surface area (Å²) in [6, 6.07) is 8.26. The molecule has 0 bridgehead atoms. The maximum atomic E-state index is 15.5. The highest BCUT2D eigenvalue weighted by Crippen LogP contribution is 2.58. The average molecular weight is 735 g/mol. The average Bonchev–Trinajstić information content (AvgIpc) is 3.59. The van der Waals surface area contributed by atoms with E-state index in [-0.39, 0.29) is 35.2 Å². The second-order valence-electron chi connectivity index (χ2n) is 15.4. The lowest BCUT2D eigenvalue weighted by atomic mass is 9.87. The van der Waals surface area contributed by atoms with E-state index in [4.69, 9.17) is 14.5 Å². The number of halogens is 1. The maximum Gasteiger partial charge on any atom is 0.414 e. The minimum Gasteiger partial charge on any atom is -0.443 e. The Morgan fingerprint density at radius 1 is 1.07 bits per heavy atom. The van der Waals surface area contributed by atoms with E-state index in [2.05, 4.69) is 24.8 Å². The molecule has 5 aromatic rings. The van der Waals surface area contributed by atoms with Gasteiger partial charge in [0.1, 0.15) is 28.7 Å². The molecule has 0 unspecified atom stereocenters. The SMILES string of the molecule is Cc1ncc(Oc2nc(N3C[C@H](CC(=O)[C@H](C)N4C(=O)c5ccccc5C4=O)C4(CC4)C3)c3c(n2)[nH]c2c(N(C)C(=O)OC(C)(C)C)cc(F)cc23)cn1. The third-order valence-corrected chi connectivity index (χ3v) is 10.6. The molecule has 2 fully saturated rings. The molecule has 1 saturated carbocycles. The van der Waals surface area contributed by atoms with Gasteiger partial charge in [-0.2, -0.15) is 9.97 Å². The molecule has 1 aliphatic carbocycles. The molecule has 15 heteroatoms. The van der Waals surface area contributed by atoms with E-state index in [1.807, 2.05) is 0 Å². The number of nitrogens with one attached hydrogen (secondary N) is 1. The van der Waals surface area contributed by atoms with Gasteiger partial charge in [-0.25, -0.2) is 19.2 Å². The van der Waals surface area contributed by atoms with E-state index in [1.165, 1.54) is 36.5 Å². The summed E-state index contributed by atoms with van der Waals surface area (Å²) in [6.07, 6.45) is 4.27. The zero-order chi connectivity index (χ0) is 38.3. The maximum absolute atomic E-state index is 15.5. The zero-order valence-corrected chi connectivity index (χ0v) is 30.8. The second kappa shape index (κ2) is 12.6. The number of anilines is 2. The number of hydrogen-bond donors (Lipinski definition) is 1. The number of aryl methyl sites for hydroxylation is 1. The number of carbonyl (C=O) groups is 4. The van der Waals surface area contributed by atoms with Crippen LogP contribution in [-0.4, -0.2) is 85.3 Å². The smallest absolute Gasteiger partial charge is 0.414 e. The minimum absolute atomic E-state index is 0.0114. The molecular weight excluding hydrogens is 695 g/mol. The van der Waals surface area contributed by atoms with Gasteiger partial charge in [-0.05, 0) is 83.1 Å². The minimum atomic E-state index is -0.943. The number of fused-ring (bicyclic) bond motifs is 4. The van der Waals surface area contributed by atoms with Crippen LogP contribution in [0.2, 0.25) is 0 Å². The van der Waals surface area contributed by atoms with Crippen LogP contribution in [0.1, 0.15) is 73.5 Å². The van der Waals surface area contributed by atoms with E-state index in [9.17, 15) is 19.2 Å². The number of rotatable bonds is 8. The van der Waals surface area contributed by atoms with E-state index in [0.29, 0.717) is 63.5 Å². The number of amides is 3. The molecule has 1 spiro atoms. The highest BCUT2D eigenvalue weighted by Gasteiger charge is 2.56. The van der Waals surface area contributed by atoms with Crippen LogP contribution in [0, 0.1) is 24.1 Å². The number of aromatic nitrogens is 5. The molecule has 2 atom stereocenters. The lowest BCUT2D eigenvalue weighted by molar-refractivity contribution is -0.123. The molecule has 54 heavy (non-hydrogen) atoms. The summed E-state index contributed by atoms with van der Waals surface area (Å²) in [6.45, 7) is 9.59. The lowest BCUT2D eigenvalue weighted by Gasteiger charge is -2.25. The van der Waals surface area contributed by atoms with Gasteiger partial charge in [-0.15, -0.1) is 0 Å². The first-order chi connectivity index (χ1) is 25.6. The van der Waals surface area contributed by atoms with Gasteiger partial charge >= 0.3 is 12.1 Å². The van der Waals surface area contributed by atoms with Crippen LogP contribution in [0.3, 0.4) is 0 Å². The first kappa shape index (κ1) is 35.1. The van der Waals surface area contributed by atoms with Crippen LogP contribution in [-0.2, 0) is 9.53 Å². The molecule has 2 aliphatic heterocycles. The van der Waals surface area contributed by atoms with E-state index in [1.54, 1.807) is 58.9 Å². The molecule has 3 aromatic heterocycles. The summed E-state index contributed by atoms with van der Waals surface area (Å²) >= 11 is 0. The van der Waals surface area contributed by atoms with Crippen LogP contribution in [0.5, 0.6) is 11.8 Å². The molecule has 1 saturated heterocycles. The Kier molecular flexibility index (Phi) is 8.16. The standard InChI is InChI=1S/C39H39FN8O6/c1-20(48-34(50)25-9-7-8-10-26(25)35(48)51)29(49)13-22-18-47(19-39(22)11-12-39)33-30-27-14-23(40)15-28(46(6)37(52)54-38(3,4)5)31(27)43-32(30)44-36(45-33)53-24-16-41-21(2)42-17-24/h7-10,14-17,20,22H,11-13,18-19H2,1-6H3,(H,43,44,45)/t20-,22-/m0/s1. The summed E-state index contributed by atoms with van der Waals surface area (Å²) < 4.78 is 27.1. The van der Waals surface area contributed by atoms with Gasteiger partial charge in [0.05, 0.1) is 46.2 Å². The number of nitrogens with zero attached hydrogens (tertiary/aromatic N) is 7. The van der Waals surface area contributed by atoms with Crippen molar-refractivity contribution < 1.29 is 33.0 Å². The third kappa shape index (κ3) is 6.06. The number of imide groups is 1. The van der Waals surface area contributed by atoms with E-state index >= 15 is 4.39 Å². The van der Waals surface area contributed by atoms with Crippen molar-refractivity contribution in [3.8, 4) is 11.8 Å². The summed E-state index contributed by atoms with van der Waals surface area (Å²) in [4.78, 5) is 79.0. The lowest BCUT2D eigenvalue weighted by Crippen LogP contribution is -2.43. The number of hydrogen-bond acceptors (Lipinski definition) is 11. The van der Waals surface area contributed by atoms with Crippen LogP contribution in [0.25, 0.3) is 21.9 Å². The van der Waals surface area contributed by atoms with Crippen LogP contribution < -0.4 is 14.5 Å². The molecule has 278 valence electrons. The van der Waals surface area contributed by atoms with Gasteiger partial charge in [0.25, 0.3) is 11.8 Å². The Hall–Kier alpha value is -5.99. The Morgan fingerprint density at radius 2 is 1.74 bits per heavy atom. The van der Waals surface area contributed by atoms with Crippen LogP contribution >= 0.6 is 0 Å². The Bertz CT molecular complexity index is 2350. The highest BCUT2D eigenvalue weighted by molar-refractivity contribution is 6.23. The van der Waals surface area contributed by atoms with Gasteiger partial charge in [0.2, 0.25) is 0 Å². The van der Waals surface area contributed by atoms with Crippen molar-refractivity contribution in [2.24, 2.45) is 11.3 Å². The van der Waals surface area contributed by atoms with Gasteiger partial charge < -0.3 is 19.4 Å². The highest BCUT2D eigenvalue weighted by atomic mass is 19.1. The van der Waals surface area contributed by atoms with Crippen molar-refractivity contribution in [3.63, 3.8) is 0 Å². The first-order valence-electron chi connectivity index (χ1n) is 17.8. The molecule has 1 N–H and O–H groups in total. The number of ether oxygens (including phenoxy) is 2. The van der Waals surface area contributed by atoms with Crippen molar-refractivity contribution >= 4 is 57.1 Å². The zero-order valence-electron chi connectivity index (χ0n) is 30.8. The Morgan fingerprint density at radius 3 is 2.37 bits per heavy atom. The number of aromatic amines is 1. The first-order valence-corrected chi connectivity index (χ1v) is 17.8. The molecule has 14 nitrogen and oxygen atoms in total. The Labute approximate surface area is 309 Å². The fourth-order valence-corrected chi connectivity index (χ4v) is 7.63. The monoisotopic (exact) mass is 734 g/mol. The molecular formula is C39H39FN8O6. The van der Waals surface area contributed by atoms with Crippen LogP contribution in [0.15, 0.2) is 48.8 Å². The normalized spacial score (nSPS) is 18.1. The third-order valence-electron chi connectivity index (χ3n) is 10.6.